The zero-order chi connectivity index (χ0) is 51.0. The predicted molar refractivity (Wildman–Crippen MR) is 267 cm³/mol. The quantitative estimate of drug-likeness (QED) is 0.166. The average molecular weight is 837 g/mol. The number of para-hydroxylation sites is 1. The maximum absolute atomic E-state index is 12.6. The molecule has 2 aromatic heterocycles. The third kappa shape index (κ3) is 8.87. The highest BCUT2D eigenvalue weighted by Crippen LogP contribution is 2.46. The van der Waals surface area contributed by atoms with Gasteiger partial charge in [-0.15, -0.1) is 0 Å². The third-order valence-corrected chi connectivity index (χ3v) is 11.8. The van der Waals surface area contributed by atoms with Gasteiger partial charge in [-0.05, 0) is 123 Å². The fourth-order valence-electron chi connectivity index (χ4n) is 8.36. The molecule has 0 aliphatic rings. The minimum Gasteiger partial charge on any atom is -0.507 e. The van der Waals surface area contributed by atoms with Crippen molar-refractivity contribution in [2.45, 2.75) is 106 Å². The lowest BCUT2D eigenvalue weighted by Gasteiger charge is -2.27. The van der Waals surface area contributed by atoms with Crippen LogP contribution in [-0.4, -0.2) is 19.6 Å². The van der Waals surface area contributed by atoms with Crippen LogP contribution in [0.15, 0.2) is 140 Å². The molecule has 0 bridgehead atoms. The van der Waals surface area contributed by atoms with Crippen LogP contribution in [0.2, 0.25) is 0 Å². The molecule has 0 aliphatic heterocycles. The Balaban J connectivity index is 1.43. The number of phenols is 1. The van der Waals surface area contributed by atoms with Crippen LogP contribution in [-0.2, 0) is 22.7 Å². The van der Waals surface area contributed by atoms with Crippen LogP contribution in [0.5, 0.6) is 5.75 Å². The monoisotopic (exact) mass is 837 g/mol. The molecule has 0 fully saturated rings. The topological polar surface area (TPSA) is 50.9 Å². The minimum atomic E-state index is -2.82. The maximum Gasteiger partial charge on any atom is 0.149 e. The van der Waals surface area contributed by atoms with Crippen LogP contribution in [0.4, 0.5) is 0 Å². The van der Waals surface area contributed by atoms with E-state index in [0.717, 1.165) is 67.6 Å². The van der Waals surface area contributed by atoms with Crippen molar-refractivity contribution in [3.8, 4) is 67.5 Å². The fourth-order valence-corrected chi connectivity index (χ4v) is 8.36. The molecule has 0 unspecified atom stereocenters. The Morgan fingerprint density at radius 1 is 0.619 bits per heavy atom. The molecule has 0 spiro atoms. The fraction of sp³-hybridized carbons (Fsp3) is 0.288. The summed E-state index contributed by atoms with van der Waals surface area (Å²) in [6, 6.07) is 35.2. The van der Waals surface area contributed by atoms with Crippen molar-refractivity contribution in [1.29, 1.82) is 0 Å². The van der Waals surface area contributed by atoms with Gasteiger partial charge >= 0.3 is 0 Å². The van der Waals surface area contributed by atoms with Crippen LogP contribution < -0.4 is 0 Å². The molecule has 4 heteroatoms. The van der Waals surface area contributed by atoms with Gasteiger partial charge in [0.1, 0.15) is 11.6 Å². The van der Waals surface area contributed by atoms with Gasteiger partial charge in [0.25, 0.3) is 0 Å². The van der Waals surface area contributed by atoms with Crippen molar-refractivity contribution in [3.63, 3.8) is 0 Å². The number of aromatic hydroxyl groups is 1. The van der Waals surface area contributed by atoms with Crippen molar-refractivity contribution >= 4 is 11.0 Å². The standard InChI is InChI=1S/C59H63N3O/c1-37(2)29-39-23-26-52(48(30-39)41-17-14-13-15-18-41)62-53-20-16-19-47(54(53)61-56(62)49-35-46(58(7,8)9)36-50(55(49)63)59(10,11)12)43-31-44(33-45(32-43)57(4,5)6)51-34-42(27-28-60-51)40-24-21-38(3)22-25-40/h13-28,30-37,63H,29H2,1-12H3/i3D3,21D,22D,24D,25D. The Kier molecular flexibility index (Phi) is 9.20. The molecular weight excluding hydrogens is 767 g/mol. The van der Waals surface area contributed by atoms with Gasteiger partial charge in [-0.2, -0.15) is 0 Å². The van der Waals surface area contributed by atoms with E-state index in [4.69, 9.17) is 19.6 Å². The van der Waals surface area contributed by atoms with Crippen LogP contribution in [0, 0.1) is 12.8 Å². The van der Waals surface area contributed by atoms with Gasteiger partial charge in [0, 0.05) is 32.6 Å². The summed E-state index contributed by atoms with van der Waals surface area (Å²) in [4.78, 5) is 10.4. The van der Waals surface area contributed by atoms with E-state index < -0.39 is 36.6 Å². The smallest absolute Gasteiger partial charge is 0.149 e. The molecule has 63 heavy (non-hydrogen) atoms. The minimum absolute atomic E-state index is 0.00203. The summed E-state index contributed by atoms with van der Waals surface area (Å²) in [7, 11) is 0. The number of phenolic OH excluding ortho intramolecular Hbond substituents is 1. The number of hydrogen-bond acceptors (Lipinski definition) is 3. The predicted octanol–water partition coefficient (Wildman–Crippen LogP) is 15.9. The molecule has 2 heterocycles. The molecule has 0 saturated heterocycles. The van der Waals surface area contributed by atoms with E-state index in [1.54, 1.807) is 18.3 Å². The Bertz CT molecular complexity index is 3280. The van der Waals surface area contributed by atoms with E-state index >= 15 is 0 Å². The molecule has 0 amide bonds. The number of hydrogen-bond donors (Lipinski definition) is 1. The van der Waals surface area contributed by atoms with Crippen molar-refractivity contribution in [2.75, 3.05) is 0 Å². The van der Waals surface area contributed by atoms with Crippen LogP contribution >= 0.6 is 0 Å². The third-order valence-electron chi connectivity index (χ3n) is 11.8. The summed E-state index contributed by atoms with van der Waals surface area (Å²) in [5, 5.41) is 12.6. The first-order chi connectivity index (χ1) is 32.6. The van der Waals surface area contributed by atoms with Crippen LogP contribution in [0.25, 0.3) is 72.7 Å². The molecule has 4 nitrogen and oxygen atoms in total. The van der Waals surface area contributed by atoms with Crippen molar-refractivity contribution < 1.29 is 14.7 Å². The van der Waals surface area contributed by atoms with E-state index in [2.05, 4.69) is 172 Å². The summed E-state index contributed by atoms with van der Waals surface area (Å²) in [6.07, 6.45) is 2.49. The van der Waals surface area contributed by atoms with E-state index in [-0.39, 0.29) is 27.6 Å². The Morgan fingerprint density at radius 3 is 1.98 bits per heavy atom. The van der Waals surface area contributed by atoms with Gasteiger partial charge in [-0.3, -0.25) is 9.55 Å². The largest absolute Gasteiger partial charge is 0.507 e. The summed E-state index contributed by atoms with van der Waals surface area (Å²) < 4.78 is 60.9. The first-order valence-electron chi connectivity index (χ1n) is 25.5. The number of benzene rings is 6. The molecule has 0 radical (unpaired) electrons. The second-order valence-corrected chi connectivity index (χ2v) is 20.4. The van der Waals surface area contributed by atoms with Crippen molar-refractivity contribution in [1.82, 2.24) is 14.5 Å². The number of rotatable bonds is 8. The first kappa shape index (κ1) is 35.2. The molecule has 0 aliphatic carbocycles. The number of imidazole rings is 1. The highest BCUT2D eigenvalue weighted by molar-refractivity contribution is 5.98. The first-order valence-corrected chi connectivity index (χ1v) is 22.0. The lowest BCUT2D eigenvalue weighted by molar-refractivity contribution is 0.446. The van der Waals surface area contributed by atoms with E-state index in [9.17, 15) is 5.11 Å². The van der Waals surface area contributed by atoms with Crippen molar-refractivity contribution in [2.24, 2.45) is 5.92 Å². The summed E-state index contributed by atoms with van der Waals surface area (Å²) in [5.41, 5.74) is 11.3. The number of fused-ring (bicyclic) bond motifs is 1. The maximum atomic E-state index is 12.6. The van der Waals surface area contributed by atoms with Gasteiger partial charge < -0.3 is 5.11 Å². The summed E-state index contributed by atoms with van der Waals surface area (Å²) >= 11 is 0. The summed E-state index contributed by atoms with van der Waals surface area (Å²) in [6.45, 7) is 21.0. The van der Waals surface area contributed by atoms with Gasteiger partial charge in [0.05, 0.1) is 33.5 Å². The number of aromatic nitrogens is 3. The van der Waals surface area contributed by atoms with Crippen LogP contribution in [0.3, 0.4) is 0 Å². The zero-order valence-corrected chi connectivity index (χ0v) is 38.5. The molecule has 8 rings (SSSR count). The van der Waals surface area contributed by atoms with Gasteiger partial charge in [0.15, 0.2) is 0 Å². The van der Waals surface area contributed by atoms with E-state index in [1.807, 2.05) is 6.07 Å². The lowest BCUT2D eigenvalue weighted by atomic mass is 9.79. The second kappa shape index (κ2) is 16.5. The number of pyridine rings is 1. The molecule has 1 N–H and O–H groups in total. The van der Waals surface area contributed by atoms with Gasteiger partial charge in [-0.25, -0.2) is 4.98 Å². The molecule has 8 aromatic rings. The van der Waals surface area contributed by atoms with E-state index in [0.29, 0.717) is 28.6 Å². The molecule has 320 valence electrons. The SMILES string of the molecule is [2H]c1c([2H])c(C([2H])([2H])[2H])c([2H])c([2H])c1-c1ccnc(-c2cc(-c3cccc4c3nc(-c3cc(C(C)(C)C)cc(C(C)(C)C)c3O)n4-c3ccc(CC(C)C)cc3-c3ccccc3)cc(C(C)(C)C)c2)c1. The highest BCUT2D eigenvalue weighted by Gasteiger charge is 2.29. The van der Waals surface area contributed by atoms with Crippen LogP contribution in [0.1, 0.15) is 114 Å². The van der Waals surface area contributed by atoms with E-state index in [1.165, 1.54) is 5.56 Å². The Hall–Kier alpha value is -6.26. The average Bonchev–Trinajstić information content (AvgIpc) is 3.66. The van der Waals surface area contributed by atoms with Gasteiger partial charge in [0.2, 0.25) is 0 Å². The summed E-state index contributed by atoms with van der Waals surface area (Å²) in [5.74, 6) is 1.25. The molecule has 0 atom stereocenters. The van der Waals surface area contributed by atoms with Crippen molar-refractivity contribution in [3.05, 3.63) is 167 Å². The lowest BCUT2D eigenvalue weighted by Crippen LogP contribution is -2.17. The molecular formula is C59H63N3O. The molecule has 0 saturated carbocycles. The number of nitrogens with zero attached hydrogens (tertiary/aromatic N) is 3. The normalized spacial score (nSPS) is 14.2. The van der Waals surface area contributed by atoms with Gasteiger partial charge in [-0.1, -0.05) is 167 Å². The molecule has 6 aromatic carbocycles. The second-order valence-electron chi connectivity index (χ2n) is 20.4. The Morgan fingerprint density at radius 2 is 1.32 bits per heavy atom. The highest BCUT2D eigenvalue weighted by atomic mass is 16.3. The Labute approximate surface area is 385 Å². The zero-order valence-electron chi connectivity index (χ0n) is 45.5.